The molecule has 0 fully saturated rings. The summed E-state index contributed by atoms with van der Waals surface area (Å²) >= 11 is 0. The second kappa shape index (κ2) is 4.65. The van der Waals surface area contributed by atoms with Gasteiger partial charge < -0.3 is 10.3 Å². The van der Waals surface area contributed by atoms with Crippen LogP contribution >= 0.6 is 0 Å². The summed E-state index contributed by atoms with van der Waals surface area (Å²) in [6, 6.07) is 0. The summed E-state index contributed by atoms with van der Waals surface area (Å²) in [5.41, 5.74) is 0. The molecule has 46 valence electrons. The largest absolute Gasteiger partial charge is 0.481 e. The molecule has 0 aliphatic rings. The van der Waals surface area contributed by atoms with Crippen molar-refractivity contribution >= 4 is 14.0 Å². The van der Waals surface area contributed by atoms with E-state index < -0.39 is 5.97 Å². The van der Waals surface area contributed by atoms with Crippen molar-refractivity contribution in [2.45, 2.75) is 12.8 Å². The lowest BCUT2D eigenvalue weighted by atomic mass is 10.3. The fourth-order valence-corrected chi connectivity index (χ4v) is 0.416. The summed E-state index contributed by atoms with van der Waals surface area (Å²) in [5.74, 6) is -0.722. The van der Waals surface area contributed by atoms with Crippen LogP contribution in [-0.4, -0.2) is 25.6 Å². The third-order valence-corrected chi connectivity index (χ3v) is 0.817. The monoisotopic (exact) mass is 115 g/mol. The molecule has 2 N–H and O–H groups in total. The van der Waals surface area contributed by atoms with Crippen molar-refractivity contribution < 1.29 is 9.90 Å². The van der Waals surface area contributed by atoms with Crippen molar-refractivity contribution in [3.63, 3.8) is 0 Å². The Labute approximate surface area is 49.5 Å². The summed E-state index contributed by atoms with van der Waals surface area (Å²) in [5, 5.41) is 11.0. The highest BCUT2D eigenvalue weighted by atomic mass is 16.4. The van der Waals surface area contributed by atoms with E-state index in [1.165, 1.54) is 0 Å². The molecule has 0 bridgehead atoms. The maximum Gasteiger partial charge on any atom is 0.303 e. The molecule has 8 heavy (non-hydrogen) atoms. The lowest BCUT2D eigenvalue weighted by Gasteiger charge is -1.92. The van der Waals surface area contributed by atoms with Gasteiger partial charge in [0.1, 0.15) is 0 Å². The minimum Gasteiger partial charge on any atom is -0.481 e. The molecule has 4 heteroatoms. The molecule has 0 aromatic heterocycles. The van der Waals surface area contributed by atoms with E-state index in [4.69, 9.17) is 5.11 Å². The number of carboxylic acid groups (broad SMARTS) is 1. The second-order valence-corrected chi connectivity index (χ2v) is 1.60. The van der Waals surface area contributed by atoms with Gasteiger partial charge in [-0.3, -0.25) is 4.79 Å². The van der Waals surface area contributed by atoms with E-state index in [-0.39, 0.29) is 6.42 Å². The Balaban J connectivity index is 2.82. The van der Waals surface area contributed by atoms with E-state index in [0.717, 1.165) is 6.54 Å². The summed E-state index contributed by atoms with van der Waals surface area (Å²) < 4.78 is 0. The maximum atomic E-state index is 9.85. The van der Waals surface area contributed by atoms with E-state index >= 15 is 0 Å². The number of hydrogen-bond acceptors (Lipinski definition) is 2. The third-order valence-electron chi connectivity index (χ3n) is 0.817. The van der Waals surface area contributed by atoms with Crippen molar-refractivity contribution in [2.75, 3.05) is 6.54 Å². The van der Waals surface area contributed by atoms with E-state index in [9.17, 15) is 4.79 Å². The molecule has 0 saturated carbocycles. The second-order valence-electron chi connectivity index (χ2n) is 1.60. The quantitative estimate of drug-likeness (QED) is 0.364. The summed E-state index contributed by atoms with van der Waals surface area (Å²) in [6.07, 6.45) is 0.979. The first-order valence-corrected chi connectivity index (χ1v) is 2.63. The smallest absolute Gasteiger partial charge is 0.303 e. The van der Waals surface area contributed by atoms with E-state index in [2.05, 4.69) is 5.23 Å². The molecular weight excluding hydrogens is 105 g/mol. The van der Waals surface area contributed by atoms with Crippen LogP contribution in [0.1, 0.15) is 12.8 Å². The van der Waals surface area contributed by atoms with Gasteiger partial charge in [-0.1, -0.05) is 0 Å². The van der Waals surface area contributed by atoms with Gasteiger partial charge in [-0.15, -0.1) is 0 Å². The summed E-state index contributed by atoms with van der Waals surface area (Å²) in [4.78, 5) is 9.85. The van der Waals surface area contributed by atoms with Gasteiger partial charge in [-0.25, -0.2) is 0 Å². The summed E-state index contributed by atoms with van der Waals surface area (Å²) in [6.45, 7) is 0.784. The van der Waals surface area contributed by atoms with Gasteiger partial charge in [0.2, 0.25) is 0 Å². The molecule has 0 aliphatic carbocycles. The number of carboxylic acids is 1. The first-order valence-electron chi connectivity index (χ1n) is 2.63. The van der Waals surface area contributed by atoms with Crippen LogP contribution in [0.15, 0.2) is 0 Å². The predicted octanol–water partition coefficient (Wildman–Crippen LogP) is -1.01. The minimum absolute atomic E-state index is 0.265. The van der Waals surface area contributed by atoms with Crippen LogP contribution in [-0.2, 0) is 4.79 Å². The van der Waals surface area contributed by atoms with Gasteiger partial charge >= 0.3 is 5.97 Å². The number of carbonyl (C=O) groups is 1. The van der Waals surface area contributed by atoms with Crippen LogP contribution in [0.2, 0.25) is 0 Å². The molecule has 0 aliphatic heterocycles. The Morgan fingerprint density at radius 3 is 2.75 bits per heavy atom. The number of rotatable bonds is 4. The SMILES string of the molecule is BNCCCC(=O)O. The number of hydrogen-bond donors (Lipinski definition) is 2. The molecule has 0 aromatic rings. The molecule has 0 unspecified atom stereocenters. The van der Waals surface area contributed by atoms with E-state index in [0.29, 0.717) is 6.42 Å². The van der Waals surface area contributed by atoms with Crippen LogP contribution in [0.4, 0.5) is 0 Å². The van der Waals surface area contributed by atoms with Crippen molar-refractivity contribution in [2.24, 2.45) is 0 Å². The Morgan fingerprint density at radius 2 is 2.38 bits per heavy atom. The molecule has 0 radical (unpaired) electrons. The van der Waals surface area contributed by atoms with Crippen molar-refractivity contribution in [3.05, 3.63) is 0 Å². The lowest BCUT2D eigenvalue weighted by molar-refractivity contribution is -0.137. The highest BCUT2D eigenvalue weighted by molar-refractivity contribution is 6.04. The van der Waals surface area contributed by atoms with Crippen LogP contribution in [0.25, 0.3) is 0 Å². The number of nitrogens with one attached hydrogen (secondary N) is 1. The fourth-order valence-electron chi connectivity index (χ4n) is 0.416. The average molecular weight is 115 g/mol. The molecule has 0 rings (SSSR count). The summed E-state index contributed by atoms with van der Waals surface area (Å²) in [7, 11) is 1.81. The Bertz CT molecular complexity index is 76.4. The highest BCUT2D eigenvalue weighted by Gasteiger charge is 1.92. The van der Waals surface area contributed by atoms with Gasteiger partial charge in [0.15, 0.2) is 7.98 Å². The van der Waals surface area contributed by atoms with Crippen molar-refractivity contribution in [1.82, 2.24) is 5.23 Å². The van der Waals surface area contributed by atoms with Gasteiger partial charge in [-0.05, 0) is 13.0 Å². The van der Waals surface area contributed by atoms with Crippen molar-refractivity contribution in [3.8, 4) is 0 Å². The first-order chi connectivity index (χ1) is 3.77. The van der Waals surface area contributed by atoms with Crippen LogP contribution in [0.3, 0.4) is 0 Å². The Morgan fingerprint density at radius 1 is 1.75 bits per heavy atom. The van der Waals surface area contributed by atoms with Gasteiger partial charge in [0.05, 0.1) is 0 Å². The van der Waals surface area contributed by atoms with Crippen LogP contribution in [0.5, 0.6) is 0 Å². The van der Waals surface area contributed by atoms with Crippen molar-refractivity contribution in [1.29, 1.82) is 0 Å². The third kappa shape index (κ3) is 5.49. The van der Waals surface area contributed by atoms with Gasteiger partial charge in [-0.2, -0.15) is 0 Å². The highest BCUT2D eigenvalue weighted by Crippen LogP contribution is 1.83. The first kappa shape index (κ1) is 7.49. The van der Waals surface area contributed by atoms with E-state index in [1.807, 2.05) is 7.98 Å². The fraction of sp³-hybridized carbons (Fsp3) is 0.750. The minimum atomic E-state index is -0.722. The van der Waals surface area contributed by atoms with Gasteiger partial charge in [0.25, 0.3) is 0 Å². The molecular formula is C4H10BNO2. The normalized spacial score (nSPS) is 9.00. The standard InChI is InChI=1S/C4H10BNO2/c5-6-3-1-2-4(7)8/h6H,1-3,5H2,(H,7,8). The van der Waals surface area contributed by atoms with E-state index in [1.54, 1.807) is 0 Å². The van der Waals surface area contributed by atoms with Gasteiger partial charge in [0, 0.05) is 6.42 Å². The zero-order valence-corrected chi connectivity index (χ0v) is 4.98. The zero-order chi connectivity index (χ0) is 6.41. The Hall–Kier alpha value is -0.505. The van der Waals surface area contributed by atoms with Crippen LogP contribution < -0.4 is 5.23 Å². The zero-order valence-electron chi connectivity index (χ0n) is 4.98. The molecule has 0 saturated heterocycles. The topological polar surface area (TPSA) is 49.3 Å². The molecule has 0 amide bonds. The molecule has 0 heterocycles. The number of aliphatic carboxylic acids is 1. The molecule has 3 nitrogen and oxygen atoms in total. The molecule has 0 spiro atoms. The maximum absolute atomic E-state index is 9.85. The average Bonchev–Trinajstić information content (AvgIpc) is 1.66. The lowest BCUT2D eigenvalue weighted by Crippen LogP contribution is -2.11. The molecule has 0 atom stereocenters. The predicted molar refractivity (Wildman–Crippen MR) is 33.4 cm³/mol. The van der Waals surface area contributed by atoms with Crippen LogP contribution in [0, 0.1) is 0 Å². The molecule has 0 aromatic carbocycles. The Kier molecular flexibility index (Phi) is 4.36.